The highest BCUT2D eigenvalue weighted by atomic mass is 35.5. The number of unbranched alkanes of at least 4 members (excludes halogenated alkanes) is 5. The number of carbonyl (C=O) groups excluding carboxylic acids is 10. The number of aliphatic hydroxyl groups is 3. The SMILES string of the molecule is COc1cccc2c1C(=O)c1c(O)c3c(c(O)c1C2=O)C[C@@](O)(C(=O)CO)CC3OC1CC(NC(=O)OCc2ccc(NC(=O)C(CCCCN)NC(=O)[C@H](Cc3ccccc3)NC(=O)CCCCCNC(=O)CCCCCN3C(=O)C=CC3=O)cc2)C(O)C(C)O1.Cl. The number of phenols is 2. The standard InChI is InChI=1S/C66H79N7O19.ClH/c1-37-58(80)44(32-53(91-37)92-47-34-66(88,48(75)35-74)33-42-55(47)62(84)57-56(60(42)82)59(81)41-17-14-19-46(89-2)54(41)61(57)83)72-65(87)90-36-39-22-24-40(25-23-39)69-63(85)43(18-10-11-28-67)71-64(86)45(31-38-15-6-3-7-16-38)70-50(77)21-8-4-12-29-68-49(76)20-9-5-13-30-73-51(78)26-27-52(73)79;/h3,6-7,14-17,19,22-27,37,43-45,47,53,58,74,80,82,84,88H,4-5,8-13,18,20-21,28-36,67H2,1-2H3,(H,68,76)(H,69,85)(H,70,77)(H,71,86)(H,72,87);1H/t37?,43?,44?,45-,47?,53?,58?,66-;/m0./s1. The maximum absolute atomic E-state index is 14.1. The summed E-state index contributed by atoms with van der Waals surface area (Å²) in [6, 6.07) is 16.5. The van der Waals surface area contributed by atoms with Crippen molar-refractivity contribution in [2.75, 3.05) is 38.7 Å². The number of amides is 7. The van der Waals surface area contributed by atoms with E-state index in [-0.39, 0.29) is 96.3 Å². The van der Waals surface area contributed by atoms with Crippen molar-refractivity contribution >= 4 is 77.0 Å². The molecule has 0 spiro atoms. The third-order valence-corrected chi connectivity index (χ3v) is 16.8. The zero-order chi connectivity index (χ0) is 66.2. The monoisotopic (exact) mass is 1310 g/mol. The van der Waals surface area contributed by atoms with Crippen LogP contribution < -0.4 is 37.1 Å². The molecular weight excluding hydrogens is 1230 g/mol. The third kappa shape index (κ3) is 17.9. The van der Waals surface area contributed by atoms with Gasteiger partial charge in [-0.15, -0.1) is 12.4 Å². The molecular formula is C66H80ClN7O19. The fourth-order valence-corrected chi connectivity index (χ4v) is 11.8. The number of ether oxygens (including phenoxy) is 4. The second-order valence-electron chi connectivity index (χ2n) is 23.3. The molecule has 4 aromatic carbocycles. The number of imide groups is 1. The average molecular weight is 1310 g/mol. The minimum absolute atomic E-state index is 0. The van der Waals surface area contributed by atoms with Crippen molar-refractivity contribution in [1.82, 2.24) is 26.2 Å². The van der Waals surface area contributed by atoms with E-state index in [1.807, 2.05) is 30.3 Å². The van der Waals surface area contributed by atoms with Gasteiger partial charge in [0.05, 0.1) is 42.0 Å². The number of rotatable bonds is 31. The van der Waals surface area contributed by atoms with E-state index in [0.29, 0.717) is 88.7 Å². The van der Waals surface area contributed by atoms with Crippen molar-refractivity contribution in [3.63, 3.8) is 0 Å². The molecule has 0 saturated carbocycles. The lowest BCUT2D eigenvalue weighted by Crippen LogP contribution is -2.56. The first-order valence-electron chi connectivity index (χ1n) is 30.8. The van der Waals surface area contributed by atoms with Crippen LogP contribution >= 0.6 is 12.4 Å². The van der Waals surface area contributed by atoms with Crippen molar-refractivity contribution in [2.45, 2.75) is 158 Å². The van der Waals surface area contributed by atoms with E-state index in [4.69, 9.17) is 24.7 Å². The zero-order valence-electron chi connectivity index (χ0n) is 51.7. The zero-order valence-corrected chi connectivity index (χ0v) is 52.5. The summed E-state index contributed by atoms with van der Waals surface area (Å²) in [7, 11) is 1.29. The van der Waals surface area contributed by atoms with Gasteiger partial charge in [-0.2, -0.15) is 0 Å². The van der Waals surface area contributed by atoms with Crippen LogP contribution in [0, 0.1) is 0 Å². The summed E-state index contributed by atoms with van der Waals surface area (Å²) >= 11 is 0. The summed E-state index contributed by atoms with van der Waals surface area (Å²) in [5.41, 5.74) is 2.98. The van der Waals surface area contributed by atoms with Crippen LogP contribution in [-0.2, 0) is 67.2 Å². The van der Waals surface area contributed by atoms with Gasteiger partial charge in [-0.25, -0.2) is 4.79 Å². The van der Waals surface area contributed by atoms with Gasteiger partial charge in [0.25, 0.3) is 11.8 Å². The molecule has 0 radical (unpaired) electrons. The number of nitrogens with one attached hydrogen (secondary N) is 5. The molecule has 4 aliphatic rings. The summed E-state index contributed by atoms with van der Waals surface area (Å²) < 4.78 is 23.1. The van der Waals surface area contributed by atoms with Crippen LogP contribution in [0.25, 0.3) is 0 Å². The fraction of sp³-hybridized carbons (Fsp3) is 0.455. The molecule has 0 aromatic heterocycles. The molecule has 93 heavy (non-hydrogen) atoms. The normalized spacial score (nSPS) is 20.2. The number of aliphatic hydroxyl groups excluding tert-OH is 2. The number of Topliss-reactive ketones (excluding diaryl/α,β-unsaturated/α-hetero) is 1. The number of nitrogens with two attached hydrogens (primary N) is 1. The van der Waals surface area contributed by atoms with Crippen molar-refractivity contribution in [3.8, 4) is 17.2 Å². The predicted molar refractivity (Wildman–Crippen MR) is 336 cm³/mol. The lowest BCUT2D eigenvalue weighted by atomic mass is 9.72. The van der Waals surface area contributed by atoms with E-state index in [9.17, 15) is 73.5 Å². The van der Waals surface area contributed by atoms with Crippen LogP contribution in [0.4, 0.5) is 10.5 Å². The second-order valence-corrected chi connectivity index (χ2v) is 23.3. The number of carbonyl (C=O) groups is 10. The Morgan fingerprint density at radius 3 is 2.14 bits per heavy atom. The summed E-state index contributed by atoms with van der Waals surface area (Å²) in [5, 5.41) is 70.4. The maximum atomic E-state index is 14.1. The number of fused-ring (bicyclic) bond motifs is 3. The Hall–Kier alpha value is -8.63. The van der Waals surface area contributed by atoms with Crippen molar-refractivity contribution in [1.29, 1.82) is 0 Å². The maximum Gasteiger partial charge on any atom is 0.407 e. The first-order valence-corrected chi connectivity index (χ1v) is 30.8. The molecule has 6 unspecified atom stereocenters. The molecule has 7 amide bonds. The summed E-state index contributed by atoms with van der Waals surface area (Å²) in [5.74, 6) is -6.58. The number of methoxy groups -OCH3 is 1. The molecule has 4 aromatic rings. The Morgan fingerprint density at radius 2 is 1.45 bits per heavy atom. The number of alkyl carbamates (subject to hydrolysis) is 1. The Morgan fingerprint density at radius 1 is 0.763 bits per heavy atom. The highest BCUT2D eigenvalue weighted by Gasteiger charge is 2.50. The van der Waals surface area contributed by atoms with Gasteiger partial charge in [0.2, 0.25) is 29.4 Å². The van der Waals surface area contributed by atoms with Gasteiger partial charge in [-0.05, 0) is 87.7 Å². The highest BCUT2D eigenvalue weighted by Crippen LogP contribution is 2.52. The number of ketones is 3. The van der Waals surface area contributed by atoms with Crippen LogP contribution in [-0.4, -0.2) is 165 Å². The van der Waals surface area contributed by atoms with Gasteiger partial charge >= 0.3 is 6.09 Å². The lowest BCUT2D eigenvalue weighted by molar-refractivity contribution is -0.249. The number of anilines is 1. The second kappa shape index (κ2) is 33.3. The van der Waals surface area contributed by atoms with E-state index in [1.54, 1.807) is 24.3 Å². The van der Waals surface area contributed by atoms with Crippen LogP contribution in [0.1, 0.15) is 151 Å². The van der Waals surface area contributed by atoms with Crippen LogP contribution in [0.5, 0.6) is 17.2 Å². The predicted octanol–water partition coefficient (Wildman–Crippen LogP) is 3.83. The molecule has 2 aliphatic heterocycles. The Bertz CT molecular complexity index is 3420. The van der Waals surface area contributed by atoms with Crippen LogP contribution in [0.3, 0.4) is 0 Å². The number of phenolic OH excluding ortho intramolecular Hbond substituents is 2. The largest absolute Gasteiger partial charge is 0.507 e. The van der Waals surface area contributed by atoms with Gasteiger partial charge in [0, 0.05) is 86.1 Å². The molecule has 8 atom stereocenters. The molecule has 12 N–H and O–H groups in total. The van der Waals surface area contributed by atoms with Crippen molar-refractivity contribution in [3.05, 3.63) is 129 Å². The van der Waals surface area contributed by atoms with Crippen LogP contribution in [0.2, 0.25) is 0 Å². The molecule has 500 valence electrons. The van der Waals surface area contributed by atoms with E-state index in [1.165, 1.54) is 49.3 Å². The van der Waals surface area contributed by atoms with Crippen molar-refractivity contribution < 1.29 is 92.4 Å². The molecule has 1 saturated heterocycles. The number of nitrogens with zero attached hydrogens (tertiary/aromatic N) is 1. The van der Waals surface area contributed by atoms with Gasteiger partial charge in [0.1, 0.15) is 54.3 Å². The molecule has 8 rings (SSSR count). The smallest absolute Gasteiger partial charge is 0.407 e. The summed E-state index contributed by atoms with van der Waals surface area (Å²) in [6.07, 6.45) is 0.107. The van der Waals surface area contributed by atoms with Gasteiger partial charge in [-0.3, -0.25) is 48.1 Å². The number of hydrogen-bond acceptors (Lipinski definition) is 20. The van der Waals surface area contributed by atoms with Crippen LogP contribution in [0.15, 0.2) is 84.9 Å². The molecule has 2 heterocycles. The highest BCUT2D eigenvalue weighted by molar-refractivity contribution is 6.31. The molecule has 2 aliphatic carbocycles. The van der Waals surface area contributed by atoms with E-state index in [0.717, 1.165) is 5.56 Å². The minimum Gasteiger partial charge on any atom is -0.507 e. The quantitative estimate of drug-likeness (QED) is 0.0171. The number of aromatic hydroxyl groups is 2. The summed E-state index contributed by atoms with van der Waals surface area (Å²) in [4.78, 5) is 133. The third-order valence-electron chi connectivity index (χ3n) is 16.8. The number of benzene rings is 4. The van der Waals surface area contributed by atoms with Gasteiger partial charge in [0.15, 0.2) is 17.9 Å². The lowest BCUT2D eigenvalue weighted by Gasteiger charge is -2.42. The number of hydrogen-bond donors (Lipinski definition) is 11. The minimum atomic E-state index is -2.42. The van der Waals surface area contributed by atoms with E-state index >= 15 is 0 Å². The van der Waals surface area contributed by atoms with Gasteiger partial charge < -0.3 is 76.8 Å². The Kier molecular flexibility index (Phi) is 25.7. The van der Waals surface area contributed by atoms with E-state index < -0.39 is 126 Å². The molecule has 27 heteroatoms. The van der Waals surface area contributed by atoms with E-state index in [2.05, 4.69) is 26.6 Å². The Balaban J connectivity index is 0.0000123. The average Bonchev–Trinajstić information content (AvgIpc) is 0.831. The first-order chi connectivity index (χ1) is 44.1. The van der Waals surface area contributed by atoms with Crippen molar-refractivity contribution in [2.24, 2.45) is 5.73 Å². The number of halogens is 1. The molecule has 1 fully saturated rings. The topological polar surface area (TPSA) is 398 Å². The molecule has 26 nitrogen and oxygen atoms in total. The summed E-state index contributed by atoms with van der Waals surface area (Å²) in [6.45, 7) is 1.16. The first kappa shape index (κ1) is 71.8. The molecule has 0 bridgehead atoms. The fourth-order valence-electron chi connectivity index (χ4n) is 11.8. The van der Waals surface area contributed by atoms with Gasteiger partial charge in [-0.1, -0.05) is 67.4 Å². The Labute approximate surface area is 542 Å².